The summed E-state index contributed by atoms with van der Waals surface area (Å²) in [7, 11) is 0. The topological polar surface area (TPSA) is 92.1 Å². The molecule has 0 radical (unpaired) electrons. The Labute approximate surface area is 190 Å². The summed E-state index contributed by atoms with van der Waals surface area (Å²) in [5, 5.41) is 2.35. The summed E-state index contributed by atoms with van der Waals surface area (Å²) in [6, 6.07) is 10.9. The number of imide groups is 1. The molecule has 4 rings (SSSR count). The van der Waals surface area contributed by atoms with Crippen molar-refractivity contribution in [2.75, 3.05) is 43.1 Å². The van der Waals surface area contributed by atoms with Crippen LogP contribution in [0.15, 0.2) is 45.7 Å². The summed E-state index contributed by atoms with van der Waals surface area (Å²) in [5.41, 5.74) is 1.52. The van der Waals surface area contributed by atoms with Crippen LogP contribution in [0.25, 0.3) is 6.08 Å². The van der Waals surface area contributed by atoms with Gasteiger partial charge in [-0.3, -0.25) is 19.3 Å². The van der Waals surface area contributed by atoms with Crippen molar-refractivity contribution in [2.45, 2.75) is 0 Å². The number of nitrogens with one attached hydrogen (secondary N) is 1. The molecule has 2 aromatic rings. The number of carbonyl (C=O) groups is 3. The third kappa shape index (κ3) is 4.71. The first kappa shape index (κ1) is 20.9. The maximum absolute atomic E-state index is 12.6. The zero-order valence-corrected chi connectivity index (χ0v) is 18.8. The Balaban J connectivity index is 1.44. The van der Waals surface area contributed by atoms with Crippen LogP contribution in [0.2, 0.25) is 0 Å². The van der Waals surface area contributed by atoms with Crippen LogP contribution in [0.4, 0.5) is 16.2 Å². The minimum absolute atomic E-state index is 0.229. The number of morpholine rings is 1. The van der Waals surface area contributed by atoms with E-state index in [-0.39, 0.29) is 11.4 Å². The maximum Gasteiger partial charge on any atom is 0.294 e. The van der Waals surface area contributed by atoms with Gasteiger partial charge in [0.25, 0.3) is 11.1 Å². The number of thioether (sulfide) groups is 1. The number of carbonyl (C=O) groups excluding carboxylic acids is 3. The number of anilines is 2. The van der Waals surface area contributed by atoms with Gasteiger partial charge in [0.2, 0.25) is 5.91 Å². The van der Waals surface area contributed by atoms with E-state index >= 15 is 0 Å². The maximum atomic E-state index is 12.6. The number of ether oxygens (including phenoxy) is 1. The van der Waals surface area contributed by atoms with Crippen molar-refractivity contribution in [1.82, 2.24) is 4.90 Å². The molecule has 8 nitrogen and oxygen atoms in total. The van der Waals surface area contributed by atoms with E-state index in [0.29, 0.717) is 28.4 Å². The summed E-state index contributed by atoms with van der Waals surface area (Å²) < 4.78 is 11.5. The van der Waals surface area contributed by atoms with Gasteiger partial charge in [-0.2, -0.15) is 0 Å². The Kier molecular flexibility index (Phi) is 6.44. The monoisotopic (exact) mass is 539 g/mol. The molecule has 30 heavy (non-hydrogen) atoms. The second-order valence-electron chi connectivity index (χ2n) is 6.57. The smallest absolute Gasteiger partial charge is 0.294 e. The number of hydrogen-bond acceptors (Lipinski definition) is 7. The first-order chi connectivity index (χ1) is 14.5. The highest BCUT2D eigenvalue weighted by molar-refractivity contribution is 14.1. The minimum atomic E-state index is -0.506. The molecule has 2 aliphatic rings. The van der Waals surface area contributed by atoms with Gasteiger partial charge in [-0.1, -0.05) is 12.1 Å². The molecule has 0 unspecified atom stereocenters. The predicted octanol–water partition coefficient (Wildman–Crippen LogP) is 3.40. The first-order valence-electron chi connectivity index (χ1n) is 9.23. The van der Waals surface area contributed by atoms with Crippen LogP contribution < -0.4 is 10.2 Å². The van der Waals surface area contributed by atoms with Gasteiger partial charge in [0, 0.05) is 19.2 Å². The molecule has 0 bridgehead atoms. The molecule has 2 aliphatic heterocycles. The third-order valence-electron chi connectivity index (χ3n) is 4.57. The molecule has 156 valence electrons. The fraction of sp³-hybridized carbons (Fsp3) is 0.250. The number of para-hydroxylation sites is 2. The lowest BCUT2D eigenvalue weighted by Gasteiger charge is -2.30. The lowest BCUT2D eigenvalue weighted by molar-refractivity contribution is -0.127. The standard InChI is InChI=1S/C20H18IN3O5S/c21-17-6-5-13(29-17)11-16-19(26)24(20(27)30-16)12-18(25)22-14-3-1-2-4-15(14)23-7-9-28-10-8-23/h1-6,11H,7-10,12H2,(H,22,25)/b16-11-. The van der Waals surface area contributed by atoms with Crippen molar-refractivity contribution in [3.63, 3.8) is 0 Å². The number of halogens is 1. The van der Waals surface area contributed by atoms with Gasteiger partial charge in [-0.15, -0.1) is 0 Å². The number of nitrogens with zero attached hydrogens (tertiary/aromatic N) is 2. The molecule has 0 atom stereocenters. The van der Waals surface area contributed by atoms with Crippen molar-refractivity contribution < 1.29 is 23.5 Å². The lowest BCUT2D eigenvalue weighted by atomic mass is 10.2. The zero-order chi connectivity index (χ0) is 21.1. The highest BCUT2D eigenvalue weighted by Gasteiger charge is 2.36. The van der Waals surface area contributed by atoms with E-state index < -0.39 is 17.1 Å². The van der Waals surface area contributed by atoms with Crippen LogP contribution in [0.3, 0.4) is 0 Å². The summed E-state index contributed by atoms with van der Waals surface area (Å²) in [6.45, 7) is 2.36. The van der Waals surface area contributed by atoms with Crippen molar-refractivity contribution >= 4 is 68.9 Å². The number of rotatable bonds is 5. The number of benzene rings is 1. The van der Waals surface area contributed by atoms with E-state index in [4.69, 9.17) is 9.15 Å². The van der Waals surface area contributed by atoms with Crippen LogP contribution in [-0.4, -0.2) is 54.8 Å². The van der Waals surface area contributed by atoms with Crippen molar-refractivity contribution in [3.05, 3.63) is 50.8 Å². The van der Waals surface area contributed by atoms with Crippen molar-refractivity contribution in [3.8, 4) is 0 Å². The second kappa shape index (κ2) is 9.23. The van der Waals surface area contributed by atoms with Crippen LogP contribution in [0, 0.1) is 3.77 Å². The van der Waals surface area contributed by atoms with E-state index in [0.717, 1.165) is 35.4 Å². The fourth-order valence-electron chi connectivity index (χ4n) is 3.16. The number of amides is 3. The van der Waals surface area contributed by atoms with Gasteiger partial charge >= 0.3 is 0 Å². The Morgan fingerprint density at radius 2 is 1.93 bits per heavy atom. The second-order valence-corrected chi connectivity index (χ2v) is 8.63. The van der Waals surface area contributed by atoms with E-state index in [1.54, 1.807) is 18.2 Å². The van der Waals surface area contributed by atoms with Gasteiger partial charge in [0.05, 0.1) is 29.5 Å². The van der Waals surface area contributed by atoms with E-state index in [1.807, 2.05) is 40.8 Å². The van der Waals surface area contributed by atoms with Crippen LogP contribution >= 0.6 is 34.4 Å². The van der Waals surface area contributed by atoms with E-state index in [1.165, 1.54) is 6.08 Å². The SMILES string of the molecule is O=C(CN1C(=O)S/C(=C\c2ccc(I)o2)C1=O)Nc1ccccc1N1CCOCC1. The largest absolute Gasteiger partial charge is 0.451 e. The van der Waals surface area contributed by atoms with Crippen molar-refractivity contribution in [2.24, 2.45) is 0 Å². The molecule has 0 saturated carbocycles. The summed E-state index contributed by atoms with van der Waals surface area (Å²) >= 11 is 2.81. The molecule has 0 spiro atoms. The lowest BCUT2D eigenvalue weighted by Crippen LogP contribution is -2.38. The summed E-state index contributed by atoms with van der Waals surface area (Å²) in [5.74, 6) is -0.464. The molecular weight excluding hydrogens is 521 g/mol. The molecule has 3 heterocycles. The quantitative estimate of drug-likeness (QED) is 0.460. The van der Waals surface area contributed by atoms with Gasteiger partial charge in [0.15, 0.2) is 3.77 Å². The van der Waals surface area contributed by atoms with Gasteiger partial charge < -0.3 is 19.4 Å². The van der Waals surface area contributed by atoms with Gasteiger partial charge in [0.1, 0.15) is 12.3 Å². The van der Waals surface area contributed by atoms with Crippen LogP contribution in [0.1, 0.15) is 5.76 Å². The molecule has 0 aliphatic carbocycles. The summed E-state index contributed by atoms with van der Waals surface area (Å²) in [6.07, 6.45) is 1.51. The molecule has 10 heteroatoms. The third-order valence-corrected chi connectivity index (χ3v) is 6.06. The number of hydrogen-bond donors (Lipinski definition) is 1. The highest BCUT2D eigenvalue weighted by atomic mass is 127. The Morgan fingerprint density at radius 1 is 1.17 bits per heavy atom. The van der Waals surface area contributed by atoms with Crippen molar-refractivity contribution in [1.29, 1.82) is 0 Å². The van der Waals surface area contributed by atoms with Crippen LogP contribution in [-0.2, 0) is 14.3 Å². The normalized spacial score (nSPS) is 18.4. The Hall–Kier alpha value is -2.31. The highest BCUT2D eigenvalue weighted by Crippen LogP contribution is 2.33. The molecule has 3 amide bonds. The average Bonchev–Trinajstić information content (AvgIpc) is 3.27. The molecule has 1 aromatic carbocycles. The van der Waals surface area contributed by atoms with Gasteiger partial charge in [-0.25, -0.2) is 0 Å². The van der Waals surface area contributed by atoms with E-state index in [9.17, 15) is 14.4 Å². The molecule has 1 aromatic heterocycles. The fourth-order valence-corrected chi connectivity index (χ4v) is 4.42. The minimum Gasteiger partial charge on any atom is -0.451 e. The average molecular weight is 539 g/mol. The summed E-state index contributed by atoms with van der Waals surface area (Å²) in [4.78, 5) is 40.8. The first-order valence-corrected chi connectivity index (χ1v) is 11.1. The zero-order valence-electron chi connectivity index (χ0n) is 15.8. The van der Waals surface area contributed by atoms with Gasteiger partial charge in [-0.05, 0) is 58.6 Å². The number of furan rings is 1. The van der Waals surface area contributed by atoms with Crippen LogP contribution in [0.5, 0.6) is 0 Å². The Bertz CT molecular complexity index is 1020. The predicted molar refractivity (Wildman–Crippen MR) is 122 cm³/mol. The molecule has 1 N–H and O–H groups in total. The molecular formula is C20H18IN3O5S. The van der Waals surface area contributed by atoms with E-state index in [2.05, 4.69) is 10.2 Å². The molecule has 2 saturated heterocycles. The molecule has 2 fully saturated rings. The Morgan fingerprint density at radius 3 is 2.67 bits per heavy atom.